The molecule has 4 unspecified atom stereocenters. The Morgan fingerprint density at radius 3 is 1.68 bits per heavy atom. The Balaban J connectivity index is 0.000000324. The Bertz CT molecular complexity index is 1400. The van der Waals surface area contributed by atoms with Crippen LogP contribution in [0.1, 0.15) is 71.1 Å². The summed E-state index contributed by atoms with van der Waals surface area (Å²) in [6.45, 7) is 4.12. The second-order valence-electron chi connectivity index (χ2n) is 11.3. The molecule has 4 rings (SSSR count). The van der Waals surface area contributed by atoms with Crippen LogP contribution in [0.15, 0.2) is 36.4 Å². The number of piperidine rings is 2. The van der Waals surface area contributed by atoms with Gasteiger partial charge in [0.1, 0.15) is 0 Å². The molecule has 0 aromatic heterocycles. The molecule has 0 bridgehead atoms. The lowest BCUT2D eigenvalue weighted by Crippen LogP contribution is -2.43. The highest BCUT2D eigenvalue weighted by Gasteiger charge is 2.38. The van der Waals surface area contributed by atoms with Gasteiger partial charge in [-0.15, -0.1) is 12.4 Å². The van der Waals surface area contributed by atoms with Gasteiger partial charge in [0.15, 0.2) is 0 Å². The Labute approximate surface area is 275 Å². The molecular weight excluding hydrogens is 658 g/mol. The Morgan fingerprint density at radius 1 is 0.745 bits per heavy atom. The van der Waals surface area contributed by atoms with E-state index in [2.05, 4.69) is 5.32 Å². The van der Waals surface area contributed by atoms with E-state index in [4.69, 9.17) is 14.2 Å². The van der Waals surface area contributed by atoms with Crippen LogP contribution in [0.2, 0.25) is 0 Å². The van der Waals surface area contributed by atoms with Gasteiger partial charge in [-0.25, -0.2) is 4.79 Å². The van der Waals surface area contributed by atoms with E-state index in [1.54, 1.807) is 13.8 Å². The van der Waals surface area contributed by atoms with Crippen LogP contribution in [0.3, 0.4) is 0 Å². The molecule has 0 spiro atoms. The molecule has 1 N–H and O–H groups in total. The van der Waals surface area contributed by atoms with Gasteiger partial charge in [0.25, 0.3) is 0 Å². The van der Waals surface area contributed by atoms with Gasteiger partial charge in [-0.1, -0.05) is 12.1 Å². The van der Waals surface area contributed by atoms with E-state index in [9.17, 15) is 40.7 Å². The molecular formula is C32H39ClF6N2O6. The molecule has 2 aromatic rings. The van der Waals surface area contributed by atoms with Gasteiger partial charge in [0, 0.05) is 12.6 Å². The van der Waals surface area contributed by atoms with Crippen molar-refractivity contribution in [2.45, 2.75) is 64.0 Å². The molecule has 0 radical (unpaired) electrons. The maximum Gasteiger partial charge on any atom is 0.416 e. The first-order valence-electron chi connectivity index (χ1n) is 14.6. The molecule has 8 nitrogen and oxygen atoms in total. The summed E-state index contributed by atoms with van der Waals surface area (Å²) in [7, 11) is 3.88. The molecule has 262 valence electrons. The number of nitrogens with one attached hydrogen (secondary N) is 1. The smallest absolute Gasteiger partial charge is 0.416 e. The van der Waals surface area contributed by atoms with Crippen molar-refractivity contribution >= 4 is 30.4 Å². The SMILES string of the molecule is COC(=O)C1CCN(C(=O)OC)C(c2ccc(C(F)(F)F)cc2C)C1.COC(=O)C1CCNC(c2ccc(C(F)(F)F)cc2C)C1.Cl. The fourth-order valence-corrected chi connectivity index (χ4v) is 5.98. The minimum absolute atomic E-state index is 0. The van der Waals surface area contributed by atoms with Crippen molar-refractivity contribution in [1.29, 1.82) is 0 Å². The highest BCUT2D eigenvalue weighted by Crippen LogP contribution is 2.39. The average molecular weight is 697 g/mol. The van der Waals surface area contributed by atoms with Gasteiger partial charge in [-0.3, -0.25) is 9.59 Å². The van der Waals surface area contributed by atoms with Gasteiger partial charge in [0.05, 0.1) is 50.3 Å². The number of hydrogen-bond acceptors (Lipinski definition) is 7. The number of alkyl halides is 6. The summed E-state index contributed by atoms with van der Waals surface area (Å²) in [5.41, 5.74) is 0.943. The first-order valence-corrected chi connectivity index (χ1v) is 14.6. The van der Waals surface area contributed by atoms with Crippen molar-refractivity contribution in [3.05, 3.63) is 69.8 Å². The fourth-order valence-electron chi connectivity index (χ4n) is 5.98. The van der Waals surface area contributed by atoms with Crippen molar-refractivity contribution in [2.75, 3.05) is 34.4 Å². The molecule has 2 heterocycles. The number of nitrogens with zero attached hydrogens (tertiary/aromatic N) is 1. The molecule has 15 heteroatoms. The number of carbonyl (C=O) groups excluding carboxylic acids is 3. The van der Waals surface area contributed by atoms with Crippen molar-refractivity contribution in [3.8, 4) is 0 Å². The predicted octanol–water partition coefficient (Wildman–Crippen LogP) is 7.36. The second-order valence-corrected chi connectivity index (χ2v) is 11.3. The number of methoxy groups -OCH3 is 3. The number of benzene rings is 2. The number of halogens is 7. The Morgan fingerprint density at radius 2 is 1.23 bits per heavy atom. The number of carbonyl (C=O) groups is 3. The van der Waals surface area contributed by atoms with E-state index in [1.165, 1.54) is 38.4 Å². The van der Waals surface area contributed by atoms with E-state index in [-0.39, 0.29) is 49.3 Å². The summed E-state index contributed by atoms with van der Waals surface area (Å²) in [6.07, 6.45) is -7.44. The Hall–Kier alpha value is -3.52. The highest BCUT2D eigenvalue weighted by atomic mass is 35.5. The first-order chi connectivity index (χ1) is 21.5. The fraction of sp³-hybridized carbons (Fsp3) is 0.531. The zero-order valence-corrected chi connectivity index (χ0v) is 27.4. The maximum atomic E-state index is 12.9. The number of aryl methyl sites for hydroxylation is 2. The lowest BCUT2D eigenvalue weighted by Gasteiger charge is -2.38. The molecule has 2 aromatic carbocycles. The lowest BCUT2D eigenvalue weighted by atomic mass is 9.85. The third-order valence-electron chi connectivity index (χ3n) is 8.41. The monoisotopic (exact) mass is 696 g/mol. The van der Waals surface area contributed by atoms with Crippen LogP contribution in [0.5, 0.6) is 0 Å². The predicted molar refractivity (Wildman–Crippen MR) is 162 cm³/mol. The first kappa shape index (κ1) is 39.7. The topological polar surface area (TPSA) is 94.2 Å². The number of rotatable bonds is 4. The van der Waals surface area contributed by atoms with Crippen molar-refractivity contribution in [1.82, 2.24) is 10.2 Å². The van der Waals surface area contributed by atoms with E-state index in [0.717, 1.165) is 29.8 Å². The molecule has 2 fully saturated rings. The lowest BCUT2D eigenvalue weighted by molar-refractivity contribution is -0.148. The summed E-state index contributed by atoms with van der Waals surface area (Å²) in [4.78, 5) is 37.0. The molecule has 1 amide bonds. The van der Waals surface area contributed by atoms with Crippen LogP contribution < -0.4 is 5.32 Å². The third-order valence-corrected chi connectivity index (χ3v) is 8.41. The quantitative estimate of drug-likeness (QED) is 0.203. The average Bonchev–Trinajstić information content (AvgIpc) is 3.02. The van der Waals surface area contributed by atoms with Crippen LogP contribution in [-0.4, -0.2) is 57.4 Å². The van der Waals surface area contributed by atoms with E-state index < -0.39 is 41.5 Å². The Kier molecular flexibility index (Phi) is 14.0. The van der Waals surface area contributed by atoms with E-state index in [1.807, 2.05) is 0 Å². The molecule has 47 heavy (non-hydrogen) atoms. The summed E-state index contributed by atoms with van der Waals surface area (Å²) >= 11 is 0. The largest absolute Gasteiger partial charge is 0.469 e. The van der Waals surface area contributed by atoms with Crippen LogP contribution in [0.4, 0.5) is 31.1 Å². The van der Waals surface area contributed by atoms with Crippen LogP contribution in [-0.2, 0) is 36.2 Å². The summed E-state index contributed by atoms with van der Waals surface area (Å²) in [5, 5.41) is 3.25. The van der Waals surface area contributed by atoms with Crippen LogP contribution in [0.25, 0.3) is 0 Å². The van der Waals surface area contributed by atoms with Crippen LogP contribution >= 0.6 is 12.4 Å². The summed E-state index contributed by atoms with van der Waals surface area (Å²) < 4.78 is 90.9. The van der Waals surface area contributed by atoms with Gasteiger partial charge < -0.3 is 24.4 Å². The van der Waals surface area contributed by atoms with Crippen molar-refractivity contribution < 1.29 is 54.9 Å². The van der Waals surface area contributed by atoms with Gasteiger partial charge in [-0.2, -0.15) is 26.3 Å². The summed E-state index contributed by atoms with van der Waals surface area (Å²) in [5.74, 6) is -1.27. The van der Waals surface area contributed by atoms with Crippen LogP contribution in [0, 0.1) is 25.7 Å². The van der Waals surface area contributed by atoms with Crippen molar-refractivity contribution in [2.24, 2.45) is 11.8 Å². The standard InChI is InChI=1S/C17H20F3NO4.C15H18F3NO2.ClH/c1-10-8-12(17(18,19)20)4-5-13(10)14-9-11(15(22)24-2)6-7-21(14)16(23)25-3;1-9-7-11(15(16,17)18)3-4-12(9)13-8-10(5-6-19-13)14(20)21-2;/h4-5,8,11,14H,6-7,9H2,1-3H3;3-4,7,10,13,19H,5-6,8H2,1-2H3;1H. The minimum atomic E-state index is -4.44. The number of esters is 2. The number of ether oxygens (including phenoxy) is 3. The number of likely N-dealkylation sites (tertiary alicyclic amines) is 1. The molecule has 0 saturated carbocycles. The number of amides is 1. The highest BCUT2D eigenvalue weighted by molar-refractivity contribution is 5.85. The van der Waals surface area contributed by atoms with E-state index in [0.29, 0.717) is 42.5 Å². The van der Waals surface area contributed by atoms with Crippen molar-refractivity contribution in [3.63, 3.8) is 0 Å². The van der Waals surface area contributed by atoms with Gasteiger partial charge >= 0.3 is 30.4 Å². The molecule has 2 saturated heterocycles. The molecule has 2 aliphatic rings. The normalized spacial score (nSPS) is 21.4. The van der Waals surface area contributed by atoms with Gasteiger partial charge in [-0.05, 0) is 92.6 Å². The minimum Gasteiger partial charge on any atom is -0.469 e. The molecule has 2 aliphatic heterocycles. The second kappa shape index (κ2) is 16.5. The summed E-state index contributed by atoms with van der Waals surface area (Å²) in [6, 6.07) is 6.46. The zero-order chi connectivity index (χ0) is 34.4. The maximum absolute atomic E-state index is 12.9. The molecule has 4 atom stereocenters. The van der Waals surface area contributed by atoms with Gasteiger partial charge in [0.2, 0.25) is 0 Å². The zero-order valence-electron chi connectivity index (χ0n) is 26.6. The van der Waals surface area contributed by atoms with E-state index >= 15 is 0 Å². The third kappa shape index (κ3) is 9.99. The molecule has 0 aliphatic carbocycles. The number of hydrogen-bond donors (Lipinski definition) is 1.